The van der Waals surface area contributed by atoms with Gasteiger partial charge in [0, 0.05) is 72.9 Å². The second-order valence-electron chi connectivity index (χ2n) is 28.2. The quantitative estimate of drug-likeness (QED) is 0.0286. The highest BCUT2D eigenvalue weighted by Gasteiger charge is 2.83. The number of aliphatic hydroxyl groups is 6. The fourth-order valence-electron chi connectivity index (χ4n) is 14.4. The van der Waals surface area contributed by atoms with Crippen molar-refractivity contribution in [1.29, 1.82) is 0 Å². The van der Waals surface area contributed by atoms with Gasteiger partial charge in [0.15, 0.2) is 34.2 Å². The van der Waals surface area contributed by atoms with Crippen molar-refractivity contribution in [3.63, 3.8) is 0 Å². The smallest absolute Gasteiger partial charge is 0.321 e. The molecule has 18 unspecified atom stereocenters. The molecule has 2 spiro atoms. The van der Waals surface area contributed by atoms with Gasteiger partial charge in [-0.1, -0.05) is 137 Å². The van der Waals surface area contributed by atoms with Crippen molar-refractivity contribution in [2.24, 2.45) is 45.3 Å². The third kappa shape index (κ3) is 18.0. The molecular formula is C77H112N6O19. The number of carbonyl (C=O) groups excluding carboxylic acids is 6. The van der Waals surface area contributed by atoms with E-state index in [9.17, 15) is 59.4 Å². The lowest BCUT2D eigenvalue weighted by Gasteiger charge is -2.56. The largest absolute Gasteiger partial charge is 0.461 e. The number of oxazole rings is 2. The van der Waals surface area contributed by atoms with E-state index in [2.05, 4.69) is 31.2 Å². The summed E-state index contributed by atoms with van der Waals surface area (Å²) in [7, 11) is 7.40. The zero-order chi connectivity index (χ0) is 76.3. The van der Waals surface area contributed by atoms with E-state index in [1.165, 1.54) is 21.3 Å². The Bertz CT molecular complexity index is 3500. The zero-order valence-electron chi connectivity index (χ0n) is 62.5. The van der Waals surface area contributed by atoms with E-state index in [0.717, 1.165) is 11.5 Å². The molecule has 2 saturated carbocycles. The second kappa shape index (κ2) is 37.3. The zero-order valence-corrected chi connectivity index (χ0v) is 62.5. The Hall–Kier alpha value is -7.40. The number of likely N-dealkylation sites (N-methyl/N-ethyl adjacent to an activating group) is 2. The van der Waals surface area contributed by atoms with Crippen LogP contribution in [0, 0.1) is 59.2 Å². The molecule has 4 aliphatic rings. The van der Waals surface area contributed by atoms with Crippen molar-refractivity contribution in [3.05, 3.63) is 156 Å². The SMILES string of the molecule is CNC1C(=O)C(C)C(O)(C(CC(C)C(O)/C=C/C=C/CNC(=O)C(C)(C)C(O)C(C)=CC=C/C=C/Cc2cnc(C)o2)OC)C12C(=O)OC2C.CNC1C(=O)C(C)C(O)(C(CC(C)C(O)/C=C/C=C/CNC(=O)C(C)(C)C(O)C(C)=CC=C/C=C/Cc2cnc(C)o2)OC)C12C(=O)OC2COC. The molecule has 0 bridgehead atoms. The first-order valence-corrected chi connectivity index (χ1v) is 34.7. The first-order chi connectivity index (χ1) is 48.1. The monoisotopic (exact) mass is 1420 g/mol. The van der Waals surface area contributed by atoms with E-state index in [4.69, 9.17) is 32.5 Å². The van der Waals surface area contributed by atoms with Gasteiger partial charge in [0.1, 0.15) is 34.9 Å². The van der Waals surface area contributed by atoms with Gasteiger partial charge in [-0.15, -0.1) is 0 Å². The lowest BCUT2D eigenvalue weighted by molar-refractivity contribution is -0.277. The van der Waals surface area contributed by atoms with Crippen LogP contribution in [0.3, 0.4) is 0 Å². The Morgan fingerprint density at radius 2 is 0.971 bits per heavy atom. The summed E-state index contributed by atoms with van der Waals surface area (Å²) < 4.78 is 38.2. The summed E-state index contributed by atoms with van der Waals surface area (Å²) >= 11 is 0. The van der Waals surface area contributed by atoms with Crippen molar-refractivity contribution in [2.45, 2.75) is 188 Å². The molecule has 0 aromatic carbocycles. The summed E-state index contributed by atoms with van der Waals surface area (Å²) in [5.74, 6) is -2.54. The molecule has 4 heterocycles. The molecule has 2 amide bonds. The highest BCUT2D eigenvalue weighted by Crippen LogP contribution is 2.61. The number of aliphatic hydroxyl groups excluding tert-OH is 4. The minimum Gasteiger partial charge on any atom is -0.461 e. The van der Waals surface area contributed by atoms with Gasteiger partial charge in [-0.25, -0.2) is 9.97 Å². The Kier molecular flexibility index (Phi) is 31.2. The van der Waals surface area contributed by atoms with Gasteiger partial charge < -0.3 is 84.4 Å². The Morgan fingerprint density at radius 1 is 0.588 bits per heavy atom. The van der Waals surface area contributed by atoms with Gasteiger partial charge in [-0.2, -0.15) is 0 Å². The maximum Gasteiger partial charge on any atom is 0.321 e. The first-order valence-electron chi connectivity index (χ1n) is 34.7. The first kappa shape index (κ1) is 85.2. The maximum atomic E-state index is 13.3. The maximum absolute atomic E-state index is 13.3. The van der Waals surface area contributed by atoms with Gasteiger partial charge in [0.05, 0.1) is 78.5 Å². The minimum atomic E-state index is -1.93. The molecule has 6 rings (SSSR count). The van der Waals surface area contributed by atoms with Crippen molar-refractivity contribution in [3.8, 4) is 0 Å². The highest BCUT2D eigenvalue weighted by atomic mass is 16.6. The molecule has 2 aliphatic heterocycles. The van der Waals surface area contributed by atoms with E-state index in [0.29, 0.717) is 35.8 Å². The summed E-state index contributed by atoms with van der Waals surface area (Å²) in [6.07, 6.45) is 29.1. The van der Waals surface area contributed by atoms with Crippen LogP contribution in [0.1, 0.15) is 112 Å². The number of nitrogens with one attached hydrogen (secondary N) is 4. The number of cyclic esters (lactones) is 2. The van der Waals surface area contributed by atoms with Crippen molar-refractivity contribution in [2.75, 3.05) is 55.1 Å². The summed E-state index contributed by atoms with van der Waals surface area (Å²) in [6.45, 7) is 22.6. The average molecular weight is 1430 g/mol. The number of nitrogens with zero attached hydrogens (tertiary/aromatic N) is 2. The number of methoxy groups -OCH3 is 3. The van der Waals surface area contributed by atoms with Crippen molar-refractivity contribution >= 4 is 35.3 Å². The van der Waals surface area contributed by atoms with Crippen LogP contribution in [0.15, 0.2) is 142 Å². The predicted molar refractivity (Wildman–Crippen MR) is 383 cm³/mol. The Labute approximate surface area is 600 Å². The van der Waals surface area contributed by atoms with Crippen LogP contribution in [0.25, 0.3) is 0 Å². The van der Waals surface area contributed by atoms with Crippen molar-refractivity contribution < 1.29 is 91.9 Å². The predicted octanol–water partition coefficient (Wildman–Crippen LogP) is 5.77. The number of Topliss-reactive ketones (excluding diaryl/α,β-unsaturated/α-hetero) is 2. The number of ether oxygens (including phenoxy) is 5. The third-order valence-electron chi connectivity index (χ3n) is 20.8. The van der Waals surface area contributed by atoms with Crippen LogP contribution in [0.4, 0.5) is 0 Å². The summed E-state index contributed by atoms with van der Waals surface area (Å²) in [5, 5.41) is 79.5. The lowest BCUT2D eigenvalue weighted by Crippen LogP contribution is -2.77. The number of aryl methyl sites for hydroxylation is 2. The minimum absolute atomic E-state index is 0.00616. The molecule has 2 aliphatic carbocycles. The number of carbonyl (C=O) groups is 6. The van der Waals surface area contributed by atoms with Crippen LogP contribution < -0.4 is 21.3 Å². The molecular weight excluding hydrogens is 1310 g/mol. The van der Waals surface area contributed by atoms with E-state index >= 15 is 0 Å². The molecule has 25 nitrogen and oxygen atoms in total. The van der Waals surface area contributed by atoms with E-state index in [1.807, 2.05) is 36.5 Å². The number of aromatic nitrogens is 2. The van der Waals surface area contributed by atoms with Crippen LogP contribution >= 0.6 is 0 Å². The second-order valence-corrected chi connectivity index (χ2v) is 28.2. The van der Waals surface area contributed by atoms with E-state index in [-0.39, 0.29) is 55.9 Å². The number of rotatable bonds is 36. The molecule has 2 aromatic heterocycles. The fourth-order valence-corrected chi connectivity index (χ4v) is 14.4. The fraction of sp³-hybridized carbons (Fsp3) is 0.584. The number of hydrogen-bond acceptors (Lipinski definition) is 23. The van der Waals surface area contributed by atoms with Crippen molar-refractivity contribution in [1.82, 2.24) is 31.2 Å². The molecule has 564 valence electrons. The number of amides is 2. The highest BCUT2D eigenvalue weighted by molar-refractivity contribution is 6.03. The van der Waals surface area contributed by atoms with Gasteiger partial charge >= 0.3 is 11.9 Å². The normalized spacial score (nSPS) is 28.2. The lowest BCUT2D eigenvalue weighted by atomic mass is 9.60. The van der Waals surface area contributed by atoms with Crippen LogP contribution in [-0.2, 0) is 65.3 Å². The van der Waals surface area contributed by atoms with Gasteiger partial charge in [0.2, 0.25) is 11.8 Å². The van der Waals surface area contributed by atoms with Gasteiger partial charge in [-0.3, -0.25) is 28.8 Å². The molecule has 4 fully saturated rings. The molecule has 102 heavy (non-hydrogen) atoms. The standard InChI is InChI=1S/C39H57N3O10.C38H55N3O9/c1-24(17-13-10-11-14-18-28-22-42-27(4)51-28)34(45)37(5,6)35(46)41-20-16-12-15-19-29(43)25(2)21-30(50-9)39(48)26(3)32(44)33(40-7)38(39)31(23-49-8)52-36(38)47;1-23(17-13-10-11-14-18-28-22-41-27(5)50-28)33(44)36(6,7)34(45)40-20-16-12-15-19-29(42)24(2)21-30(48-9)38(47)25(3)31(43)32(39-8)37(38)26(4)49-35(37)46/h10-17,19,22,25-26,29-31,33-34,40,43,45,48H,18,20-21,23H2,1-9H3,(H,41,46);10-17,19,22,24-26,29-30,32-33,39,42,44,47H,18,20-21H2,1-9H3,(H,40,45)/b13-10?,14-11+,16-12+,19-15+,24-17?;13-10?,14-11+,16-12+,19-15+,23-17?. The summed E-state index contributed by atoms with van der Waals surface area (Å²) in [6, 6.07) is -1.92. The number of ketones is 2. The molecule has 10 N–H and O–H groups in total. The molecule has 18 atom stereocenters. The van der Waals surface area contributed by atoms with Gasteiger partial charge in [-0.05, 0) is 98.4 Å². The third-order valence-corrected chi connectivity index (χ3v) is 20.8. The van der Waals surface area contributed by atoms with E-state index in [1.54, 1.807) is 189 Å². The summed E-state index contributed by atoms with van der Waals surface area (Å²) in [5.41, 5.74) is -7.81. The number of esters is 2. The molecule has 2 saturated heterocycles. The topological polar surface area (TPSA) is 370 Å². The Morgan fingerprint density at radius 3 is 1.31 bits per heavy atom. The van der Waals surface area contributed by atoms with E-state index < -0.39 is 129 Å². The van der Waals surface area contributed by atoms with Crippen LogP contribution in [-0.4, -0.2) is 203 Å². The molecule has 2 aromatic rings. The Balaban J connectivity index is 0.000000367. The average Bonchev–Trinajstić information content (AvgIpc) is 1.45. The molecule has 25 heteroatoms. The van der Waals surface area contributed by atoms with Crippen LogP contribution in [0.5, 0.6) is 0 Å². The van der Waals surface area contributed by atoms with Gasteiger partial charge in [0.25, 0.3) is 0 Å². The number of allylic oxidation sites excluding steroid dienone is 14. The molecule has 0 radical (unpaired) electrons. The summed E-state index contributed by atoms with van der Waals surface area (Å²) in [4.78, 5) is 86.6. The number of hydrogen-bond donors (Lipinski definition) is 10. The van der Waals surface area contributed by atoms with Crippen LogP contribution in [0.2, 0.25) is 0 Å².